The number of aromatic nitrogens is 4. The summed E-state index contributed by atoms with van der Waals surface area (Å²) in [5.41, 5.74) is 7.24. The van der Waals surface area contributed by atoms with Gasteiger partial charge in [0.2, 0.25) is 0 Å². The molecule has 1 fully saturated rings. The molecule has 0 bridgehead atoms. The second kappa shape index (κ2) is 12.4. The molecule has 1 aliphatic heterocycles. The van der Waals surface area contributed by atoms with E-state index in [4.69, 9.17) is 0 Å². The summed E-state index contributed by atoms with van der Waals surface area (Å²) >= 11 is 0. The lowest BCUT2D eigenvalue weighted by Gasteiger charge is -2.35. The number of nitriles is 1. The highest BCUT2D eigenvalue weighted by Crippen LogP contribution is 2.31. The number of nitrogens with one attached hydrogen (secondary N) is 2. The third kappa shape index (κ3) is 6.44. The van der Waals surface area contributed by atoms with Crippen molar-refractivity contribution in [3.63, 3.8) is 0 Å². The number of pyridine rings is 1. The van der Waals surface area contributed by atoms with Crippen LogP contribution in [-0.4, -0.2) is 63.2 Å². The quantitative estimate of drug-likeness (QED) is 0.250. The van der Waals surface area contributed by atoms with Gasteiger partial charge in [0.1, 0.15) is 5.69 Å². The number of piperazine rings is 1. The molecule has 0 atom stereocenters. The van der Waals surface area contributed by atoms with Crippen molar-refractivity contribution < 1.29 is 4.79 Å². The van der Waals surface area contributed by atoms with Gasteiger partial charge in [-0.05, 0) is 87.3 Å². The minimum absolute atomic E-state index is 0.236. The van der Waals surface area contributed by atoms with Gasteiger partial charge >= 0.3 is 0 Å². The number of hydrogen-bond donors (Lipinski definition) is 2. The first kappa shape index (κ1) is 30.4. The van der Waals surface area contributed by atoms with Crippen LogP contribution in [0.2, 0.25) is 0 Å². The van der Waals surface area contributed by atoms with E-state index in [0.29, 0.717) is 11.3 Å². The highest BCUT2D eigenvalue weighted by molar-refractivity contribution is 6.05. The van der Waals surface area contributed by atoms with Crippen molar-refractivity contribution in [3.8, 4) is 17.9 Å². The fourth-order valence-electron chi connectivity index (χ4n) is 5.43. The van der Waals surface area contributed by atoms with Gasteiger partial charge < -0.3 is 20.4 Å². The van der Waals surface area contributed by atoms with Gasteiger partial charge in [0.05, 0.1) is 35.3 Å². The molecule has 0 saturated carbocycles. The largest absolute Gasteiger partial charge is 0.369 e. The van der Waals surface area contributed by atoms with E-state index < -0.39 is 5.41 Å². The number of hydrogen-bond acceptors (Lipinski definition) is 7. The number of amides is 1. The number of fused-ring (bicyclic) bond motifs is 1. The van der Waals surface area contributed by atoms with Crippen LogP contribution in [0, 0.1) is 30.1 Å². The van der Waals surface area contributed by atoms with Crippen molar-refractivity contribution in [2.24, 2.45) is 7.05 Å². The Morgan fingerprint density at radius 2 is 1.78 bits per heavy atom. The molecule has 6 rings (SSSR count). The Morgan fingerprint density at radius 3 is 2.52 bits per heavy atom. The highest BCUT2D eigenvalue weighted by atomic mass is 16.1. The number of carbonyl (C=O) groups is 1. The first-order valence-electron chi connectivity index (χ1n) is 15.3. The third-order valence-electron chi connectivity index (χ3n) is 8.39. The number of benzene rings is 2. The van der Waals surface area contributed by atoms with Crippen molar-refractivity contribution in [2.45, 2.75) is 26.2 Å². The lowest BCUT2D eigenvalue weighted by atomic mass is 9.85. The van der Waals surface area contributed by atoms with Crippen LogP contribution in [0.25, 0.3) is 5.65 Å². The molecular formula is C36H37N9O. The fourth-order valence-corrected chi connectivity index (χ4v) is 5.43. The maximum absolute atomic E-state index is 13.6. The van der Waals surface area contributed by atoms with Crippen LogP contribution >= 0.6 is 0 Å². The van der Waals surface area contributed by atoms with Crippen LogP contribution in [0.15, 0.2) is 73.3 Å². The van der Waals surface area contributed by atoms with Crippen molar-refractivity contribution in [2.75, 3.05) is 48.8 Å². The molecule has 3 aromatic heterocycles. The van der Waals surface area contributed by atoms with E-state index >= 15 is 0 Å². The third-order valence-corrected chi connectivity index (χ3v) is 8.39. The van der Waals surface area contributed by atoms with Gasteiger partial charge in [-0.3, -0.25) is 13.9 Å². The molecule has 1 aliphatic rings. The first-order chi connectivity index (χ1) is 22.1. The Labute approximate surface area is 269 Å². The zero-order valence-electron chi connectivity index (χ0n) is 26.8. The second-order valence-electron chi connectivity index (χ2n) is 12.3. The summed E-state index contributed by atoms with van der Waals surface area (Å²) in [6.07, 6.45) is 7.33. The molecule has 0 spiro atoms. The molecule has 1 amide bonds. The van der Waals surface area contributed by atoms with Crippen molar-refractivity contribution in [3.05, 3.63) is 101 Å². The number of likely N-dealkylation sites (N-methyl/N-ethyl adjacent to an activating group) is 1. The Balaban J connectivity index is 1.25. The SMILES string of the molecule is Cc1ccc(C(=O)Nc2cc(N3CCN(C)CC3)cc(C(C)(C)C#N)c2)cc1C#Cc1cnc2c(Nc3cnn(C)c3)cccn12. The Morgan fingerprint density at radius 1 is 0.978 bits per heavy atom. The lowest BCUT2D eigenvalue weighted by molar-refractivity contribution is 0.102. The molecule has 2 aromatic carbocycles. The molecule has 10 heteroatoms. The first-order valence-corrected chi connectivity index (χ1v) is 15.3. The topological polar surface area (TPSA) is 107 Å². The Bertz CT molecular complexity index is 2030. The smallest absolute Gasteiger partial charge is 0.255 e. The molecule has 4 heterocycles. The van der Waals surface area contributed by atoms with E-state index in [-0.39, 0.29) is 5.91 Å². The zero-order chi connectivity index (χ0) is 32.4. The van der Waals surface area contributed by atoms with Gasteiger partial charge in [-0.1, -0.05) is 12.0 Å². The van der Waals surface area contributed by atoms with Gasteiger partial charge in [0, 0.05) is 68.1 Å². The van der Waals surface area contributed by atoms with Gasteiger partial charge in [0.15, 0.2) is 5.65 Å². The molecule has 10 nitrogen and oxygen atoms in total. The monoisotopic (exact) mass is 611 g/mol. The Kier molecular flexibility index (Phi) is 8.23. The van der Waals surface area contributed by atoms with E-state index in [2.05, 4.69) is 61.5 Å². The fraction of sp³-hybridized carbons (Fsp3) is 0.278. The number of aryl methyl sites for hydroxylation is 2. The minimum atomic E-state index is -0.706. The van der Waals surface area contributed by atoms with Gasteiger partial charge in [-0.25, -0.2) is 4.98 Å². The molecular weight excluding hydrogens is 574 g/mol. The number of carbonyl (C=O) groups excluding carboxylic acids is 1. The normalized spacial score (nSPS) is 13.6. The van der Waals surface area contributed by atoms with Gasteiger partial charge in [0.25, 0.3) is 5.91 Å². The molecule has 0 unspecified atom stereocenters. The number of rotatable bonds is 6. The predicted octanol–water partition coefficient (Wildman–Crippen LogP) is 5.32. The van der Waals surface area contributed by atoms with Gasteiger partial charge in [-0.2, -0.15) is 10.4 Å². The average Bonchev–Trinajstić information content (AvgIpc) is 3.66. The molecule has 2 N–H and O–H groups in total. The maximum atomic E-state index is 13.6. The van der Waals surface area contributed by atoms with Crippen LogP contribution in [0.3, 0.4) is 0 Å². The molecule has 0 radical (unpaired) electrons. The van der Waals surface area contributed by atoms with E-state index in [1.54, 1.807) is 17.1 Å². The zero-order valence-corrected chi connectivity index (χ0v) is 26.8. The van der Waals surface area contributed by atoms with E-state index in [0.717, 1.165) is 71.3 Å². The average molecular weight is 612 g/mol. The predicted molar refractivity (Wildman–Crippen MR) is 182 cm³/mol. The molecule has 1 saturated heterocycles. The molecule has 232 valence electrons. The summed E-state index contributed by atoms with van der Waals surface area (Å²) < 4.78 is 3.67. The van der Waals surface area contributed by atoms with Gasteiger partial charge in [-0.15, -0.1) is 0 Å². The summed E-state index contributed by atoms with van der Waals surface area (Å²) in [6, 6.07) is 17.8. The second-order valence-corrected chi connectivity index (χ2v) is 12.3. The maximum Gasteiger partial charge on any atom is 0.255 e. The van der Waals surface area contributed by atoms with Crippen LogP contribution in [0.4, 0.5) is 22.7 Å². The van der Waals surface area contributed by atoms with Crippen LogP contribution in [0.5, 0.6) is 0 Å². The van der Waals surface area contributed by atoms with E-state index in [1.807, 2.05) is 87.1 Å². The lowest BCUT2D eigenvalue weighted by Crippen LogP contribution is -2.44. The summed E-state index contributed by atoms with van der Waals surface area (Å²) in [5.74, 6) is 6.27. The highest BCUT2D eigenvalue weighted by Gasteiger charge is 2.24. The summed E-state index contributed by atoms with van der Waals surface area (Å²) in [4.78, 5) is 22.8. The Hall–Kier alpha value is -5.58. The van der Waals surface area contributed by atoms with Crippen molar-refractivity contribution >= 4 is 34.3 Å². The van der Waals surface area contributed by atoms with E-state index in [9.17, 15) is 10.1 Å². The number of nitrogens with zero attached hydrogens (tertiary/aromatic N) is 7. The van der Waals surface area contributed by atoms with Crippen LogP contribution < -0.4 is 15.5 Å². The standard InChI is InChI=1S/C36H37N9O/c1-25-8-9-27(35(46)41-29-18-28(36(2,3)24-37)19-32(20-29)44-15-13-42(4)14-16-44)17-26(25)10-11-31-22-38-34-33(7-6-12-45(31)34)40-30-21-39-43(5)23-30/h6-9,12,17-23,40H,13-16H2,1-5H3,(H,41,46). The minimum Gasteiger partial charge on any atom is -0.369 e. The molecule has 5 aromatic rings. The van der Waals surface area contributed by atoms with E-state index in [1.165, 1.54) is 0 Å². The molecule has 0 aliphatic carbocycles. The van der Waals surface area contributed by atoms with Crippen molar-refractivity contribution in [1.29, 1.82) is 5.26 Å². The van der Waals surface area contributed by atoms with Crippen molar-refractivity contribution in [1.82, 2.24) is 24.1 Å². The van der Waals surface area contributed by atoms with Crippen LogP contribution in [-0.2, 0) is 12.5 Å². The summed E-state index contributed by atoms with van der Waals surface area (Å²) in [7, 11) is 3.99. The molecule has 46 heavy (non-hydrogen) atoms. The number of imidazole rings is 1. The van der Waals surface area contributed by atoms with Crippen LogP contribution in [0.1, 0.15) is 46.6 Å². The number of anilines is 4. The summed E-state index contributed by atoms with van der Waals surface area (Å²) in [6.45, 7) is 9.46. The summed E-state index contributed by atoms with van der Waals surface area (Å²) in [5, 5.41) is 20.5.